The fourth-order valence-electron chi connectivity index (χ4n) is 1.99. The molecule has 4 heteroatoms. The summed E-state index contributed by atoms with van der Waals surface area (Å²) in [5, 5.41) is 0. The molecule has 92 valence electrons. The van der Waals surface area contributed by atoms with Crippen molar-refractivity contribution in [1.29, 1.82) is 0 Å². The summed E-state index contributed by atoms with van der Waals surface area (Å²) in [5.74, 6) is 1.32. The molecule has 1 aromatic carbocycles. The SMILES string of the molecule is COc1ccc(C2(c3cccc(=O)o3)CO2)cc1. The molecule has 1 saturated heterocycles. The summed E-state index contributed by atoms with van der Waals surface area (Å²) in [7, 11) is 1.62. The molecule has 0 N–H and O–H groups in total. The molecule has 0 aliphatic carbocycles. The van der Waals surface area contributed by atoms with Crippen molar-refractivity contribution in [3.63, 3.8) is 0 Å². The van der Waals surface area contributed by atoms with Crippen molar-refractivity contribution in [3.05, 3.63) is 64.2 Å². The molecule has 3 rings (SSSR count). The van der Waals surface area contributed by atoms with Gasteiger partial charge in [0.15, 0.2) is 5.60 Å². The van der Waals surface area contributed by atoms with Crippen LogP contribution in [-0.4, -0.2) is 13.7 Å². The van der Waals surface area contributed by atoms with Crippen LogP contribution in [0, 0.1) is 0 Å². The van der Waals surface area contributed by atoms with E-state index in [9.17, 15) is 4.79 Å². The summed E-state index contributed by atoms with van der Waals surface area (Å²) < 4.78 is 15.8. The van der Waals surface area contributed by atoms with Crippen LogP contribution in [0.4, 0.5) is 0 Å². The first-order chi connectivity index (χ1) is 8.74. The molecule has 0 radical (unpaired) electrons. The molecule has 1 atom stereocenters. The molecule has 1 aliphatic rings. The van der Waals surface area contributed by atoms with Crippen molar-refractivity contribution in [1.82, 2.24) is 0 Å². The van der Waals surface area contributed by atoms with Gasteiger partial charge in [-0.1, -0.05) is 18.2 Å². The van der Waals surface area contributed by atoms with Crippen LogP contribution in [-0.2, 0) is 10.3 Å². The quantitative estimate of drug-likeness (QED) is 0.774. The van der Waals surface area contributed by atoms with E-state index in [1.54, 1.807) is 19.2 Å². The van der Waals surface area contributed by atoms with Crippen molar-refractivity contribution in [3.8, 4) is 5.75 Å². The third-order valence-corrected chi connectivity index (χ3v) is 3.08. The smallest absolute Gasteiger partial charge is 0.335 e. The molecule has 1 aromatic heterocycles. The van der Waals surface area contributed by atoms with Gasteiger partial charge in [-0.3, -0.25) is 0 Å². The minimum Gasteiger partial charge on any atom is -0.497 e. The topological polar surface area (TPSA) is 52.0 Å². The van der Waals surface area contributed by atoms with Gasteiger partial charge in [0.1, 0.15) is 11.5 Å². The molecule has 1 unspecified atom stereocenters. The van der Waals surface area contributed by atoms with Gasteiger partial charge >= 0.3 is 5.63 Å². The standard InChI is InChI=1S/C14H12O4/c1-16-11-7-5-10(6-8-11)14(9-17-14)12-3-2-4-13(15)18-12/h2-8H,9H2,1H3. The van der Waals surface area contributed by atoms with Gasteiger partial charge in [0, 0.05) is 6.07 Å². The Morgan fingerprint density at radius 2 is 1.89 bits per heavy atom. The Hall–Kier alpha value is -2.07. The predicted octanol–water partition coefficient (Wildman–Crippen LogP) is 1.92. The van der Waals surface area contributed by atoms with Crippen LogP contribution >= 0.6 is 0 Å². The summed E-state index contributed by atoms with van der Waals surface area (Å²) in [6.45, 7) is 0.520. The average molecular weight is 244 g/mol. The van der Waals surface area contributed by atoms with E-state index < -0.39 is 5.60 Å². The minimum absolute atomic E-state index is 0.365. The molecular weight excluding hydrogens is 232 g/mol. The van der Waals surface area contributed by atoms with E-state index >= 15 is 0 Å². The second-order valence-electron chi connectivity index (χ2n) is 4.16. The molecule has 0 amide bonds. The highest BCUT2D eigenvalue weighted by Gasteiger charge is 2.50. The maximum Gasteiger partial charge on any atom is 0.335 e. The van der Waals surface area contributed by atoms with Crippen molar-refractivity contribution >= 4 is 0 Å². The number of epoxide rings is 1. The van der Waals surface area contributed by atoms with E-state index in [0.29, 0.717) is 12.4 Å². The van der Waals surface area contributed by atoms with Crippen molar-refractivity contribution in [2.45, 2.75) is 5.60 Å². The van der Waals surface area contributed by atoms with Crippen molar-refractivity contribution in [2.24, 2.45) is 0 Å². The first-order valence-electron chi connectivity index (χ1n) is 5.64. The Bertz CT molecular complexity index is 608. The first kappa shape index (κ1) is 11.0. The van der Waals surface area contributed by atoms with Crippen LogP contribution in [0.25, 0.3) is 0 Å². The van der Waals surface area contributed by atoms with Crippen LogP contribution < -0.4 is 10.4 Å². The molecular formula is C14H12O4. The fourth-order valence-corrected chi connectivity index (χ4v) is 1.99. The molecule has 0 spiro atoms. The number of hydrogen-bond donors (Lipinski definition) is 0. The molecule has 18 heavy (non-hydrogen) atoms. The zero-order valence-corrected chi connectivity index (χ0v) is 9.88. The zero-order chi connectivity index (χ0) is 12.6. The third kappa shape index (κ3) is 1.71. The van der Waals surface area contributed by atoms with Crippen LogP contribution in [0.15, 0.2) is 51.7 Å². The van der Waals surface area contributed by atoms with E-state index in [1.165, 1.54) is 6.07 Å². The highest BCUT2D eigenvalue weighted by atomic mass is 16.6. The van der Waals surface area contributed by atoms with E-state index in [0.717, 1.165) is 11.3 Å². The maximum atomic E-state index is 11.3. The summed E-state index contributed by atoms with van der Waals surface area (Å²) in [4.78, 5) is 11.3. The van der Waals surface area contributed by atoms with E-state index in [4.69, 9.17) is 13.9 Å². The lowest BCUT2D eigenvalue weighted by atomic mass is 9.97. The predicted molar refractivity (Wildman–Crippen MR) is 64.7 cm³/mol. The number of ether oxygens (including phenoxy) is 2. The zero-order valence-electron chi connectivity index (χ0n) is 9.88. The monoisotopic (exact) mass is 244 g/mol. The maximum absolute atomic E-state index is 11.3. The minimum atomic E-state index is -0.604. The van der Waals surface area contributed by atoms with Gasteiger partial charge < -0.3 is 13.9 Å². The summed E-state index contributed by atoms with van der Waals surface area (Å²) >= 11 is 0. The van der Waals surface area contributed by atoms with Crippen LogP contribution in [0.3, 0.4) is 0 Å². The molecule has 1 aliphatic heterocycles. The lowest BCUT2D eigenvalue weighted by Crippen LogP contribution is -2.13. The van der Waals surface area contributed by atoms with Gasteiger partial charge in [0.25, 0.3) is 0 Å². The molecule has 4 nitrogen and oxygen atoms in total. The Morgan fingerprint density at radius 1 is 1.17 bits per heavy atom. The fraction of sp³-hybridized carbons (Fsp3) is 0.214. The van der Waals surface area contributed by atoms with Gasteiger partial charge in [-0.05, 0) is 23.8 Å². The lowest BCUT2D eigenvalue weighted by molar-refractivity contribution is 0.292. The van der Waals surface area contributed by atoms with Gasteiger partial charge in [-0.25, -0.2) is 4.79 Å². The number of hydrogen-bond acceptors (Lipinski definition) is 4. The summed E-state index contributed by atoms with van der Waals surface area (Å²) in [6, 6.07) is 12.4. The number of rotatable bonds is 3. The first-order valence-corrected chi connectivity index (χ1v) is 5.64. The molecule has 0 saturated carbocycles. The second-order valence-corrected chi connectivity index (χ2v) is 4.16. The Morgan fingerprint density at radius 3 is 2.44 bits per heavy atom. The largest absolute Gasteiger partial charge is 0.497 e. The van der Waals surface area contributed by atoms with Crippen LogP contribution in [0.5, 0.6) is 5.75 Å². The van der Waals surface area contributed by atoms with Gasteiger partial charge in [0.05, 0.1) is 13.7 Å². The van der Waals surface area contributed by atoms with Crippen molar-refractivity contribution < 1.29 is 13.9 Å². The Labute approximate surface area is 104 Å². The van der Waals surface area contributed by atoms with E-state index in [-0.39, 0.29) is 5.63 Å². The third-order valence-electron chi connectivity index (χ3n) is 3.08. The Balaban J connectivity index is 2.02. The van der Waals surface area contributed by atoms with Gasteiger partial charge in [-0.15, -0.1) is 0 Å². The molecule has 2 heterocycles. The Kier molecular flexibility index (Phi) is 2.45. The molecule has 1 fully saturated rings. The highest BCUT2D eigenvalue weighted by Crippen LogP contribution is 2.44. The summed E-state index contributed by atoms with van der Waals surface area (Å²) in [6.07, 6.45) is 0. The lowest BCUT2D eigenvalue weighted by Gasteiger charge is -2.11. The molecule has 2 aromatic rings. The van der Waals surface area contributed by atoms with E-state index in [2.05, 4.69) is 0 Å². The van der Waals surface area contributed by atoms with Crippen LogP contribution in [0.2, 0.25) is 0 Å². The van der Waals surface area contributed by atoms with E-state index in [1.807, 2.05) is 24.3 Å². The normalized spacial score (nSPS) is 21.6. The molecule has 0 bridgehead atoms. The highest BCUT2D eigenvalue weighted by molar-refractivity contribution is 5.39. The van der Waals surface area contributed by atoms with Gasteiger partial charge in [-0.2, -0.15) is 0 Å². The van der Waals surface area contributed by atoms with Gasteiger partial charge in [0.2, 0.25) is 0 Å². The van der Waals surface area contributed by atoms with Crippen molar-refractivity contribution in [2.75, 3.05) is 13.7 Å². The summed E-state index contributed by atoms with van der Waals surface area (Å²) in [5.41, 5.74) is -0.0132. The second kappa shape index (κ2) is 3.99. The van der Waals surface area contributed by atoms with Crippen LogP contribution in [0.1, 0.15) is 11.3 Å². The number of benzene rings is 1. The average Bonchev–Trinajstić information content (AvgIpc) is 3.20. The number of methoxy groups -OCH3 is 1.